The van der Waals surface area contributed by atoms with E-state index in [2.05, 4.69) is 21.0 Å². The number of non-ortho nitro benzene ring substituents is 1. The number of rotatable bonds is 5. The fourth-order valence-electron chi connectivity index (χ4n) is 2.13. The number of halogens is 2. The largest absolute Gasteiger partial charge is 0.275 e. The summed E-state index contributed by atoms with van der Waals surface area (Å²) >= 11 is 13.0. The van der Waals surface area contributed by atoms with E-state index in [0.29, 0.717) is 20.8 Å². The Morgan fingerprint density at radius 3 is 2.75 bits per heavy atom. The minimum Gasteiger partial charge on any atom is -0.275 e. The molecule has 0 fully saturated rings. The van der Waals surface area contributed by atoms with Gasteiger partial charge in [-0.15, -0.1) is 10.2 Å². The van der Waals surface area contributed by atoms with Gasteiger partial charge in [-0.25, -0.2) is 0 Å². The highest BCUT2D eigenvalue weighted by Crippen LogP contribution is 2.25. The van der Waals surface area contributed by atoms with Crippen molar-refractivity contribution in [1.29, 1.82) is 0 Å². The molecule has 0 radical (unpaired) electrons. The standard InChI is InChI=1S/C15H10Cl2N6O4S/c16-9-5-11(17)13-19-21-15(22(13)6-9)28-7-12(24)18-20-14(25)8-2-1-3-10(4-8)23(26)27/h1-6H,7H2,(H,18,24)(H,20,25). The maximum Gasteiger partial charge on any atom is 0.270 e. The summed E-state index contributed by atoms with van der Waals surface area (Å²) in [5, 5.41) is 19.7. The van der Waals surface area contributed by atoms with Crippen molar-refractivity contribution in [2.75, 3.05) is 5.75 Å². The Bertz CT molecular complexity index is 1090. The topological polar surface area (TPSA) is 132 Å². The normalized spacial score (nSPS) is 10.6. The molecule has 0 aliphatic heterocycles. The van der Waals surface area contributed by atoms with Gasteiger partial charge in [0, 0.05) is 23.9 Å². The van der Waals surface area contributed by atoms with Gasteiger partial charge in [0.25, 0.3) is 11.6 Å². The molecule has 0 bridgehead atoms. The number of nitrogens with one attached hydrogen (secondary N) is 2. The number of nitrogens with zero attached hydrogens (tertiary/aromatic N) is 4. The summed E-state index contributed by atoms with van der Waals surface area (Å²) in [5.41, 5.74) is 4.62. The molecule has 0 spiro atoms. The number of fused-ring (bicyclic) bond motifs is 1. The Labute approximate surface area is 171 Å². The SMILES string of the molecule is O=C(CSc1nnc2c(Cl)cc(Cl)cn12)NNC(=O)c1cccc([N+](=O)[O-])c1. The average Bonchev–Trinajstić information content (AvgIpc) is 3.07. The smallest absolute Gasteiger partial charge is 0.270 e. The zero-order chi connectivity index (χ0) is 20.3. The van der Waals surface area contributed by atoms with Gasteiger partial charge in [-0.2, -0.15) is 0 Å². The summed E-state index contributed by atoms with van der Waals surface area (Å²) in [6.45, 7) is 0. The van der Waals surface area contributed by atoms with Crippen molar-refractivity contribution in [2.24, 2.45) is 0 Å². The number of carbonyl (C=O) groups excluding carboxylic acids is 2. The second-order valence-electron chi connectivity index (χ2n) is 5.28. The van der Waals surface area contributed by atoms with Gasteiger partial charge in [0.2, 0.25) is 5.91 Å². The van der Waals surface area contributed by atoms with E-state index >= 15 is 0 Å². The number of hydrogen-bond acceptors (Lipinski definition) is 7. The maximum atomic E-state index is 12.0. The van der Waals surface area contributed by atoms with E-state index < -0.39 is 16.7 Å². The van der Waals surface area contributed by atoms with Gasteiger partial charge in [0.05, 0.1) is 20.7 Å². The molecule has 2 heterocycles. The zero-order valence-corrected chi connectivity index (χ0v) is 16.1. The molecule has 0 saturated carbocycles. The van der Waals surface area contributed by atoms with Gasteiger partial charge < -0.3 is 0 Å². The summed E-state index contributed by atoms with van der Waals surface area (Å²) in [4.78, 5) is 34.1. The number of nitro benzene ring substituents is 1. The van der Waals surface area contributed by atoms with Crippen LogP contribution in [0.25, 0.3) is 5.65 Å². The van der Waals surface area contributed by atoms with E-state index in [1.54, 1.807) is 10.6 Å². The number of aromatic nitrogens is 3. The molecule has 1 aromatic carbocycles. The van der Waals surface area contributed by atoms with Crippen LogP contribution in [0.2, 0.25) is 10.0 Å². The number of amides is 2. The lowest BCUT2D eigenvalue weighted by atomic mass is 10.2. The highest BCUT2D eigenvalue weighted by atomic mass is 35.5. The second-order valence-corrected chi connectivity index (χ2v) is 7.07. The Hall–Kier alpha value is -2.89. The summed E-state index contributed by atoms with van der Waals surface area (Å²) < 4.78 is 1.55. The molecule has 2 N–H and O–H groups in total. The summed E-state index contributed by atoms with van der Waals surface area (Å²) in [5.74, 6) is -1.29. The van der Waals surface area contributed by atoms with Crippen molar-refractivity contribution in [3.8, 4) is 0 Å². The molecule has 28 heavy (non-hydrogen) atoms. The van der Waals surface area contributed by atoms with Crippen molar-refractivity contribution < 1.29 is 14.5 Å². The number of pyridine rings is 1. The maximum absolute atomic E-state index is 12.0. The number of hydrazine groups is 1. The quantitative estimate of drug-likeness (QED) is 0.353. The number of benzene rings is 1. The Morgan fingerprint density at radius 1 is 1.21 bits per heavy atom. The van der Waals surface area contributed by atoms with Crippen LogP contribution in [0.1, 0.15) is 10.4 Å². The summed E-state index contributed by atoms with van der Waals surface area (Å²) in [6.07, 6.45) is 1.56. The van der Waals surface area contributed by atoms with Gasteiger partial charge in [0.1, 0.15) is 0 Å². The van der Waals surface area contributed by atoms with E-state index in [4.69, 9.17) is 23.2 Å². The first-order chi connectivity index (χ1) is 13.3. The lowest BCUT2D eigenvalue weighted by Gasteiger charge is -2.07. The van der Waals surface area contributed by atoms with Gasteiger partial charge >= 0.3 is 0 Å². The van der Waals surface area contributed by atoms with E-state index in [1.165, 1.54) is 24.3 Å². The third kappa shape index (κ3) is 4.50. The van der Waals surface area contributed by atoms with Crippen molar-refractivity contribution in [1.82, 2.24) is 25.4 Å². The van der Waals surface area contributed by atoms with Crippen LogP contribution in [-0.2, 0) is 4.79 Å². The van der Waals surface area contributed by atoms with Gasteiger partial charge in [-0.1, -0.05) is 41.0 Å². The monoisotopic (exact) mass is 440 g/mol. The number of carbonyl (C=O) groups is 2. The van der Waals surface area contributed by atoms with Crippen molar-refractivity contribution in [3.63, 3.8) is 0 Å². The predicted octanol–water partition coefficient (Wildman–Crippen LogP) is 2.50. The first kappa shape index (κ1) is 19.9. The van der Waals surface area contributed by atoms with E-state index in [9.17, 15) is 19.7 Å². The molecule has 10 nitrogen and oxygen atoms in total. The lowest BCUT2D eigenvalue weighted by Crippen LogP contribution is -2.42. The van der Waals surface area contributed by atoms with Crippen LogP contribution in [-0.4, -0.2) is 37.1 Å². The molecule has 2 aromatic heterocycles. The molecule has 0 aliphatic rings. The van der Waals surface area contributed by atoms with Crippen LogP contribution >= 0.6 is 35.0 Å². The molecule has 144 valence electrons. The summed E-state index contributed by atoms with van der Waals surface area (Å²) in [6, 6.07) is 6.65. The summed E-state index contributed by atoms with van der Waals surface area (Å²) in [7, 11) is 0. The fourth-order valence-corrected chi connectivity index (χ4v) is 3.34. The van der Waals surface area contributed by atoms with Crippen molar-refractivity contribution in [3.05, 3.63) is 62.3 Å². The third-order valence-electron chi connectivity index (χ3n) is 3.36. The highest BCUT2D eigenvalue weighted by Gasteiger charge is 2.14. The Balaban J connectivity index is 1.57. The van der Waals surface area contributed by atoms with Gasteiger partial charge in [-0.3, -0.25) is 35.0 Å². The van der Waals surface area contributed by atoms with Crippen molar-refractivity contribution in [2.45, 2.75) is 5.16 Å². The highest BCUT2D eigenvalue weighted by molar-refractivity contribution is 7.99. The van der Waals surface area contributed by atoms with Gasteiger partial charge in [-0.05, 0) is 12.1 Å². The molecular weight excluding hydrogens is 431 g/mol. The third-order valence-corrected chi connectivity index (χ3v) is 4.79. The molecule has 2 amide bonds. The lowest BCUT2D eigenvalue weighted by molar-refractivity contribution is -0.384. The van der Waals surface area contributed by atoms with Gasteiger partial charge in [0.15, 0.2) is 10.8 Å². The Kier molecular flexibility index (Phi) is 5.97. The predicted molar refractivity (Wildman–Crippen MR) is 102 cm³/mol. The molecule has 3 aromatic rings. The first-order valence-electron chi connectivity index (χ1n) is 7.51. The molecule has 13 heteroatoms. The number of hydrogen-bond donors (Lipinski definition) is 2. The molecule has 0 atom stereocenters. The van der Waals surface area contributed by atoms with Crippen LogP contribution in [0.5, 0.6) is 0 Å². The zero-order valence-electron chi connectivity index (χ0n) is 13.8. The van der Waals surface area contributed by atoms with E-state index in [0.717, 1.165) is 17.8 Å². The van der Waals surface area contributed by atoms with Crippen LogP contribution in [0, 0.1) is 10.1 Å². The number of nitro groups is 1. The second kappa shape index (κ2) is 8.42. The minimum absolute atomic E-state index is 0.0369. The average molecular weight is 441 g/mol. The van der Waals surface area contributed by atoms with Crippen LogP contribution in [0.15, 0.2) is 41.7 Å². The first-order valence-corrected chi connectivity index (χ1v) is 9.25. The van der Waals surface area contributed by atoms with E-state index in [1.807, 2.05) is 0 Å². The molecule has 0 saturated heterocycles. The van der Waals surface area contributed by atoms with Crippen LogP contribution in [0.4, 0.5) is 5.69 Å². The molecular formula is C15H10Cl2N6O4S. The molecule has 3 rings (SSSR count). The fraction of sp³-hybridized carbons (Fsp3) is 0.0667. The number of thioether (sulfide) groups is 1. The minimum atomic E-state index is -0.687. The van der Waals surface area contributed by atoms with E-state index in [-0.39, 0.29) is 17.0 Å². The van der Waals surface area contributed by atoms with Crippen molar-refractivity contribution >= 4 is 58.1 Å². The Morgan fingerprint density at radius 2 is 2.00 bits per heavy atom. The van der Waals surface area contributed by atoms with Crippen LogP contribution < -0.4 is 10.9 Å². The molecule has 0 aliphatic carbocycles. The van der Waals surface area contributed by atoms with Crippen LogP contribution in [0.3, 0.4) is 0 Å². The molecule has 0 unspecified atom stereocenters.